The van der Waals surface area contributed by atoms with Crippen LogP contribution in [0.3, 0.4) is 0 Å². The van der Waals surface area contributed by atoms with Gasteiger partial charge in [0.15, 0.2) is 6.10 Å². The van der Waals surface area contributed by atoms with Gasteiger partial charge in [-0.15, -0.1) is 0 Å². The van der Waals surface area contributed by atoms with Gasteiger partial charge in [-0.05, 0) is 103 Å². The van der Waals surface area contributed by atoms with Crippen molar-refractivity contribution in [3.8, 4) is 0 Å². The molecule has 434 valence electrons. The third-order valence-electron chi connectivity index (χ3n) is 12.8. The number of nitrogens with zero attached hydrogens (tertiary/aromatic N) is 1. The fourth-order valence-electron chi connectivity index (χ4n) is 8.08. The molecule has 0 saturated heterocycles. The first kappa shape index (κ1) is 72.0. The zero-order chi connectivity index (χ0) is 55.5. The molecule has 0 amide bonds. The molecule has 9 nitrogen and oxygen atoms in total. The van der Waals surface area contributed by atoms with Crippen molar-refractivity contribution in [1.29, 1.82) is 0 Å². The number of hydrogen-bond acceptors (Lipinski definition) is 7. The molecule has 0 aliphatic rings. The molecule has 0 fully saturated rings. The fourth-order valence-corrected chi connectivity index (χ4v) is 8.08. The molecule has 0 aromatic carbocycles. The second-order valence-electron chi connectivity index (χ2n) is 21.3. The van der Waals surface area contributed by atoms with Gasteiger partial charge >= 0.3 is 17.9 Å². The molecule has 76 heavy (non-hydrogen) atoms. The molecule has 0 rings (SSSR count). The maximum Gasteiger partial charge on any atom is 0.361 e. The maximum atomic E-state index is 12.9. The molecule has 2 unspecified atom stereocenters. The van der Waals surface area contributed by atoms with Crippen LogP contribution in [0.2, 0.25) is 0 Å². The van der Waals surface area contributed by atoms with Crippen LogP contribution in [-0.2, 0) is 33.3 Å². The van der Waals surface area contributed by atoms with E-state index in [0.29, 0.717) is 17.4 Å². The molecule has 9 heteroatoms. The Balaban J connectivity index is 4.22. The van der Waals surface area contributed by atoms with E-state index in [-0.39, 0.29) is 38.6 Å². The van der Waals surface area contributed by atoms with E-state index in [4.69, 9.17) is 18.9 Å². The summed E-state index contributed by atoms with van der Waals surface area (Å²) < 4.78 is 22.9. The number of rotatable bonds is 55. The highest BCUT2D eigenvalue weighted by Crippen LogP contribution is 2.15. The summed E-state index contributed by atoms with van der Waals surface area (Å²) in [5, 5.41) is 9.71. The highest BCUT2D eigenvalue weighted by atomic mass is 16.7. The van der Waals surface area contributed by atoms with Gasteiger partial charge in [-0.1, -0.05) is 232 Å². The Hall–Kier alpha value is -4.05. The first-order valence-corrected chi connectivity index (χ1v) is 30.6. The van der Waals surface area contributed by atoms with Crippen LogP contribution in [0, 0.1) is 0 Å². The highest BCUT2D eigenvalue weighted by Gasteiger charge is 2.25. The summed E-state index contributed by atoms with van der Waals surface area (Å²) in [7, 11) is 5.96. The van der Waals surface area contributed by atoms with Crippen molar-refractivity contribution in [3.63, 3.8) is 0 Å². The minimum Gasteiger partial charge on any atom is -0.477 e. The standard InChI is InChI=1S/C67H113NO8/c1-6-8-10-12-14-16-18-20-22-24-26-27-28-29-30-31-32-33-34-35-36-37-38-39-40-42-44-46-48-50-52-54-56-58-65(70)76-63(62-75-67(66(71)72)73-60-59-68(3,4)5)61-74-64(69)57-55-53-51-49-47-45-43-41-25-23-21-19-17-15-13-11-9-7-2/h8,10,14,16-17,19-20,22-23,25-27,29-30,32-33,35-36,63,67H,6-7,9,11-13,15,18,21,24,28,31,34,37-62H2,1-5H3/p+1/b10-8-,16-14-,19-17-,22-20-,25-23-,27-26-,30-29-,33-32-,36-35-. The Morgan fingerprint density at radius 1 is 0.408 bits per heavy atom. The van der Waals surface area contributed by atoms with E-state index < -0.39 is 24.3 Å². The molecule has 0 bridgehead atoms. The summed E-state index contributed by atoms with van der Waals surface area (Å²) in [5.74, 6) is -2.02. The normalized spacial score (nSPS) is 13.5. The average Bonchev–Trinajstić information content (AvgIpc) is 3.39. The summed E-state index contributed by atoms with van der Waals surface area (Å²) in [5.41, 5.74) is 0. The molecule has 0 aliphatic carbocycles. The number of ether oxygens (including phenoxy) is 4. The Morgan fingerprint density at radius 2 is 0.750 bits per heavy atom. The minimum atomic E-state index is -1.52. The molecular formula is C67H114NO8+. The van der Waals surface area contributed by atoms with E-state index in [2.05, 4.69) is 123 Å². The summed E-state index contributed by atoms with van der Waals surface area (Å²) in [6.07, 6.45) is 75.9. The molecule has 2 atom stereocenters. The van der Waals surface area contributed by atoms with Crippen LogP contribution in [0.15, 0.2) is 109 Å². The van der Waals surface area contributed by atoms with Gasteiger partial charge in [0.05, 0.1) is 34.4 Å². The van der Waals surface area contributed by atoms with E-state index in [9.17, 15) is 19.5 Å². The van der Waals surface area contributed by atoms with Gasteiger partial charge < -0.3 is 28.5 Å². The van der Waals surface area contributed by atoms with Crippen molar-refractivity contribution in [3.05, 3.63) is 109 Å². The quantitative estimate of drug-likeness (QED) is 0.0211. The lowest BCUT2D eigenvalue weighted by Crippen LogP contribution is -2.40. The molecular weight excluding hydrogens is 947 g/mol. The fraction of sp³-hybridized carbons (Fsp3) is 0.687. The predicted octanol–water partition coefficient (Wildman–Crippen LogP) is 18.3. The number of esters is 2. The average molecular weight is 1060 g/mol. The Morgan fingerprint density at radius 3 is 1.12 bits per heavy atom. The SMILES string of the molecule is CC/C=C\C/C=C\C/C=C\C/C=C\C/C=C\C/C=C\C/C=C\CCCCCCCCCCCCCC(=O)OC(COC(=O)CCCCCCCCC/C=C\C/C=C\CCCCCC)COC(OCC[N+](C)(C)C)C(=O)O. The van der Waals surface area contributed by atoms with Gasteiger partial charge in [-0.3, -0.25) is 9.59 Å². The van der Waals surface area contributed by atoms with Crippen LogP contribution in [0.5, 0.6) is 0 Å². The second kappa shape index (κ2) is 57.1. The lowest BCUT2D eigenvalue weighted by atomic mass is 10.0. The van der Waals surface area contributed by atoms with Crippen LogP contribution in [0.25, 0.3) is 0 Å². The van der Waals surface area contributed by atoms with Gasteiger partial charge in [0.25, 0.3) is 6.29 Å². The Kier molecular flexibility index (Phi) is 54.1. The van der Waals surface area contributed by atoms with Crippen molar-refractivity contribution >= 4 is 17.9 Å². The predicted molar refractivity (Wildman–Crippen MR) is 322 cm³/mol. The molecule has 0 radical (unpaired) electrons. The topological polar surface area (TPSA) is 108 Å². The molecule has 0 aromatic heterocycles. The number of quaternary nitrogens is 1. The number of carboxylic acid groups (broad SMARTS) is 1. The van der Waals surface area contributed by atoms with Crippen LogP contribution in [-0.4, -0.2) is 87.4 Å². The van der Waals surface area contributed by atoms with E-state index in [1.54, 1.807) is 0 Å². The van der Waals surface area contributed by atoms with Crippen molar-refractivity contribution in [2.24, 2.45) is 0 Å². The Bertz CT molecular complexity index is 1610. The highest BCUT2D eigenvalue weighted by molar-refractivity contribution is 5.71. The number of carbonyl (C=O) groups is 3. The van der Waals surface area contributed by atoms with Crippen LogP contribution >= 0.6 is 0 Å². The van der Waals surface area contributed by atoms with Crippen LogP contribution < -0.4 is 0 Å². The summed E-state index contributed by atoms with van der Waals surface area (Å²) in [4.78, 5) is 37.5. The number of unbranched alkanes of at least 4 members (excludes halogenated alkanes) is 22. The van der Waals surface area contributed by atoms with Gasteiger partial charge in [0.1, 0.15) is 13.2 Å². The third kappa shape index (κ3) is 57.7. The lowest BCUT2D eigenvalue weighted by Gasteiger charge is -2.25. The zero-order valence-electron chi connectivity index (χ0n) is 49.4. The largest absolute Gasteiger partial charge is 0.477 e. The summed E-state index contributed by atoms with van der Waals surface area (Å²) >= 11 is 0. The van der Waals surface area contributed by atoms with E-state index in [1.807, 2.05) is 21.1 Å². The van der Waals surface area contributed by atoms with Gasteiger partial charge in [-0.25, -0.2) is 4.79 Å². The van der Waals surface area contributed by atoms with Crippen LogP contribution in [0.1, 0.15) is 239 Å². The molecule has 1 N–H and O–H groups in total. The second-order valence-corrected chi connectivity index (χ2v) is 21.3. The van der Waals surface area contributed by atoms with Gasteiger partial charge in [0, 0.05) is 12.8 Å². The number of carbonyl (C=O) groups excluding carboxylic acids is 2. The lowest BCUT2D eigenvalue weighted by molar-refractivity contribution is -0.870. The Labute approximate surface area is 466 Å². The van der Waals surface area contributed by atoms with E-state index >= 15 is 0 Å². The molecule has 0 saturated carbocycles. The summed E-state index contributed by atoms with van der Waals surface area (Å²) in [6, 6.07) is 0. The van der Waals surface area contributed by atoms with Gasteiger partial charge in [0.2, 0.25) is 0 Å². The van der Waals surface area contributed by atoms with Crippen molar-refractivity contribution in [1.82, 2.24) is 0 Å². The molecule has 0 spiro atoms. The molecule has 0 heterocycles. The monoisotopic (exact) mass is 1060 g/mol. The van der Waals surface area contributed by atoms with Crippen molar-refractivity contribution < 1.29 is 42.9 Å². The van der Waals surface area contributed by atoms with E-state index in [1.165, 1.54) is 96.3 Å². The number of aliphatic carboxylic acids is 1. The number of carboxylic acids is 1. The number of likely N-dealkylation sites (N-methyl/N-ethyl adjacent to an activating group) is 1. The first-order chi connectivity index (χ1) is 37.1. The number of hydrogen-bond donors (Lipinski definition) is 1. The van der Waals surface area contributed by atoms with Crippen LogP contribution in [0.4, 0.5) is 0 Å². The van der Waals surface area contributed by atoms with Crippen molar-refractivity contribution in [2.75, 3.05) is 47.5 Å². The van der Waals surface area contributed by atoms with Crippen molar-refractivity contribution in [2.45, 2.75) is 251 Å². The molecule has 0 aromatic rings. The number of allylic oxidation sites excluding steroid dienone is 18. The summed E-state index contributed by atoms with van der Waals surface area (Å²) in [6.45, 7) is 4.73. The smallest absolute Gasteiger partial charge is 0.361 e. The van der Waals surface area contributed by atoms with Gasteiger partial charge in [-0.2, -0.15) is 0 Å². The minimum absolute atomic E-state index is 0.181. The molecule has 0 aliphatic heterocycles. The first-order valence-electron chi connectivity index (χ1n) is 30.6. The zero-order valence-corrected chi connectivity index (χ0v) is 49.4. The third-order valence-corrected chi connectivity index (χ3v) is 12.8. The maximum absolute atomic E-state index is 12.9. The van der Waals surface area contributed by atoms with E-state index in [0.717, 1.165) is 109 Å².